The van der Waals surface area contributed by atoms with Crippen molar-refractivity contribution < 1.29 is 15.0 Å². The van der Waals surface area contributed by atoms with Crippen LogP contribution in [-0.4, -0.2) is 26.0 Å². The first-order chi connectivity index (χ1) is 10.0. The van der Waals surface area contributed by atoms with E-state index in [0.29, 0.717) is 5.69 Å². The SMILES string of the molecule is CCc1ccccc1-n1nc(CCC(=O)O)c(O)cc1=O. The molecule has 6 nitrogen and oxygen atoms in total. The molecule has 0 saturated heterocycles. The summed E-state index contributed by atoms with van der Waals surface area (Å²) in [6, 6.07) is 8.40. The molecule has 0 radical (unpaired) electrons. The highest BCUT2D eigenvalue weighted by atomic mass is 16.4. The lowest BCUT2D eigenvalue weighted by Crippen LogP contribution is -2.23. The average molecular weight is 288 g/mol. The zero-order chi connectivity index (χ0) is 15.4. The Morgan fingerprint density at radius 1 is 1.33 bits per heavy atom. The maximum absolute atomic E-state index is 12.0. The van der Waals surface area contributed by atoms with Crippen molar-refractivity contribution in [2.75, 3.05) is 0 Å². The molecule has 0 aliphatic heterocycles. The number of carbonyl (C=O) groups is 1. The molecule has 1 aromatic heterocycles. The second kappa shape index (κ2) is 6.21. The van der Waals surface area contributed by atoms with E-state index in [0.717, 1.165) is 18.1 Å². The number of aromatic nitrogens is 2. The maximum atomic E-state index is 12.0. The fraction of sp³-hybridized carbons (Fsp3) is 0.267. The van der Waals surface area contributed by atoms with Crippen LogP contribution in [0.15, 0.2) is 35.1 Å². The molecule has 2 aromatic rings. The Balaban J connectivity index is 2.51. The van der Waals surface area contributed by atoms with Crippen molar-refractivity contribution in [3.05, 3.63) is 51.9 Å². The molecule has 1 heterocycles. The minimum atomic E-state index is -0.983. The van der Waals surface area contributed by atoms with Crippen LogP contribution in [-0.2, 0) is 17.6 Å². The molecule has 6 heteroatoms. The van der Waals surface area contributed by atoms with Gasteiger partial charge >= 0.3 is 5.97 Å². The smallest absolute Gasteiger partial charge is 0.303 e. The third-order valence-electron chi connectivity index (χ3n) is 3.16. The molecule has 0 unspecified atom stereocenters. The molecule has 0 amide bonds. The van der Waals surface area contributed by atoms with Gasteiger partial charge in [0.15, 0.2) is 0 Å². The van der Waals surface area contributed by atoms with Crippen LogP contribution in [0.3, 0.4) is 0 Å². The quantitative estimate of drug-likeness (QED) is 0.870. The number of nitrogens with zero attached hydrogens (tertiary/aromatic N) is 2. The van der Waals surface area contributed by atoms with Gasteiger partial charge in [-0.1, -0.05) is 25.1 Å². The van der Waals surface area contributed by atoms with Gasteiger partial charge in [0, 0.05) is 12.5 Å². The Labute approximate surface area is 121 Å². The van der Waals surface area contributed by atoms with Gasteiger partial charge in [-0.05, 0) is 18.1 Å². The molecular formula is C15H16N2O4. The molecule has 0 spiro atoms. The summed E-state index contributed by atoms with van der Waals surface area (Å²) >= 11 is 0. The topological polar surface area (TPSA) is 92.4 Å². The highest BCUT2D eigenvalue weighted by Crippen LogP contribution is 2.17. The third kappa shape index (κ3) is 3.28. The van der Waals surface area contributed by atoms with E-state index in [-0.39, 0.29) is 24.3 Å². The molecule has 2 N–H and O–H groups in total. The summed E-state index contributed by atoms with van der Waals surface area (Å²) in [5.41, 5.74) is 1.33. The number of aliphatic carboxylic acids is 1. The summed E-state index contributed by atoms with van der Waals surface area (Å²) in [6.07, 6.45) is 0.638. The van der Waals surface area contributed by atoms with Crippen molar-refractivity contribution in [1.29, 1.82) is 0 Å². The maximum Gasteiger partial charge on any atom is 0.303 e. The van der Waals surface area contributed by atoms with Gasteiger partial charge in [-0.15, -0.1) is 0 Å². The molecule has 110 valence electrons. The van der Waals surface area contributed by atoms with Crippen LogP contribution in [0.2, 0.25) is 0 Å². The number of aromatic hydroxyl groups is 1. The first kappa shape index (κ1) is 14.8. The highest BCUT2D eigenvalue weighted by molar-refractivity contribution is 5.67. The fourth-order valence-corrected chi connectivity index (χ4v) is 2.08. The van der Waals surface area contributed by atoms with Gasteiger partial charge in [0.1, 0.15) is 11.4 Å². The van der Waals surface area contributed by atoms with Crippen LogP contribution in [0.4, 0.5) is 0 Å². The van der Waals surface area contributed by atoms with Crippen LogP contribution in [0.5, 0.6) is 5.75 Å². The standard InChI is InChI=1S/C15H16N2O4/c1-2-10-5-3-4-6-12(10)17-14(19)9-13(18)11(16-17)7-8-15(20)21/h3-6,9,18H,2,7-8H2,1H3,(H,20,21). The lowest BCUT2D eigenvalue weighted by molar-refractivity contribution is -0.136. The minimum absolute atomic E-state index is 0.0652. The highest BCUT2D eigenvalue weighted by Gasteiger charge is 2.12. The van der Waals surface area contributed by atoms with E-state index in [9.17, 15) is 14.7 Å². The molecule has 0 aliphatic carbocycles. The zero-order valence-electron chi connectivity index (χ0n) is 11.6. The van der Waals surface area contributed by atoms with Gasteiger partial charge in [0.05, 0.1) is 12.1 Å². The first-order valence-electron chi connectivity index (χ1n) is 6.65. The van der Waals surface area contributed by atoms with Gasteiger partial charge in [0.25, 0.3) is 5.56 Å². The number of rotatable bonds is 5. The lowest BCUT2D eigenvalue weighted by Gasteiger charge is -2.11. The third-order valence-corrected chi connectivity index (χ3v) is 3.16. The van der Waals surface area contributed by atoms with Crippen LogP contribution in [0, 0.1) is 0 Å². The van der Waals surface area contributed by atoms with Gasteiger partial charge in [-0.3, -0.25) is 9.59 Å². The Morgan fingerprint density at radius 3 is 2.71 bits per heavy atom. The second-order valence-electron chi connectivity index (χ2n) is 4.60. The molecule has 0 atom stereocenters. The summed E-state index contributed by atoms with van der Waals surface area (Å²) in [6.45, 7) is 1.97. The van der Waals surface area contributed by atoms with E-state index >= 15 is 0 Å². The molecular weight excluding hydrogens is 272 g/mol. The number of aryl methyl sites for hydroxylation is 2. The second-order valence-corrected chi connectivity index (χ2v) is 4.60. The number of carboxylic acids is 1. The molecule has 2 rings (SSSR count). The fourth-order valence-electron chi connectivity index (χ4n) is 2.08. The molecule has 0 aliphatic rings. The molecule has 0 saturated carbocycles. The van der Waals surface area contributed by atoms with Gasteiger partial charge in [-0.25, -0.2) is 0 Å². The minimum Gasteiger partial charge on any atom is -0.506 e. The number of benzene rings is 1. The van der Waals surface area contributed by atoms with Crippen molar-refractivity contribution in [2.45, 2.75) is 26.2 Å². The van der Waals surface area contributed by atoms with Crippen molar-refractivity contribution in [2.24, 2.45) is 0 Å². The van der Waals surface area contributed by atoms with Crippen molar-refractivity contribution in [3.8, 4) is 11.4 Å². The summed E-state index contributed by atoms with van der Waals surface area (Å²) < 4.78 is 1.20. The van der Waals surface area contributed by atoms with Crippen LogP contribution < -0.4 is 5.56 Å². The summed E-state index contributed by atoms with van der Waals surface area (Å²) in [7, 11) is 0. The van der Waals surface area contributed by atoms with Crippen molar-refractivity contribution in [1.82, 2.24) is 9.78 Å². The van der Waals surface area contributed by atoms with E-state index in [1.165, 1.54) is 4.68 Å². The Kier molecular flexibility index (Phi) is 4.37. The van der Waals surface area contributed by atoms with Gasteiger partial charge in [-0.2, -0.15) is 9.78 Å². The Hall–Kier alpha value is -2.63. The Bertz CT molecular complexity index is 722. The number of hydrogen-bond donors (Lipinski definition) is 2. The van der Waals surface area contributed by atoms with Gasteiger partial charge < -0.3 is 10.2 Å². The summed E-state index contributed by atoms with van der Waals surface area (Å²) in [4.78, 5) is 22.7. The van der Waals surface area contributed by atoms with E-state index in [1.807, 2.05) is 19.1 Å². The molecule has 0 bridgehead atoms. The monoisotopic (exact) mass is 288 g/mol. The molecule has 0 fully saturated rings. The van der Waals surface area contributed by atoms with E-state index in [2.05, 4.69) is 5.10 Å². The Morgan fingerprint density at radius 2 is 2.05 bits per heavy atom. The lowest BCUT2D eigenvalue weighted by atomic mass is 10.1. The molecule has 1 aromatic carbocycles. The number of hydrogen-bond acceptors (Lipinski definition) is 4. The number of carboxylic acid groups (broad SMARTS) is 1. The van der Waals surface area contributed by atoms with Crippen molar-refractivity contribution in [3.63, 3.8) is 0 Å². The summed E-state index contributed by atoms with van der Waals surface area (Å²) in [5.74, 6) is -1.26. The molecule has 21 heavy (non-hydrogen) atoms. The van der Waals surface area contributed by atoms with Gasteiger partial charge in [0.2, 0.25) is 0 Å². The average Bonchev–Trinajstić information content (AvgIpc) is 2.46. The number of para-hydroxylation sites is 1. The predicted molar refractivity (Wildman–Crippen MR) is 76.8 cm³/mol. The largest absolute Gasteiger partial charge is 0.506 e. The van der Waals surface area contributed by atoms with Crippen LogP contribution in [0.25, 0.3) is 5.69 Å². The predicted octanol–water partition coefficient (Wildman–Crippen LogP) is 1.52. The normalized spacial score (nSPS) is 10.5. The first-order valence-corrected chi connectivity index (χ1v) is 6.65. The summed E-state index contributed by atoms with van der Waals surface area (Å²) in [5, 5.41) is 22.6. The van der Waals surface area contributed by atoms with E-state index in [1.54, 1.807) is 12.1 Å². The van der Waals surface area contributed by atoms with E-state index in [4.69, 9.17) is 5.11 Å². The van der Waals surface area contributed by atoms with Crippen molar-refractivity contribution >= 4 is 5.97 Å². The zero-order valence-corrected chi connectivity index (χ0v) is 11.6. The van der Waals surface area contributed by atoms with E-state index < -0.39 is 11.5 Å². The van der Waals surface area contributed by atoms with Crippen LogP contribution in [0.1, 0.15) is 24.6 Å². The van der Waals surface area contributed by atoms with Crippen LogP contribution >= 0.6 is 0 Å².